The van der Waals surface area contributed by atoms with Crippen molar-refractivity contribution in [2.24, 2.45) is 11.8 Å². The number of sulfonamides is 1. The average Bonchev–Trinajstić information content (AvgIpc) is 3.41. The minimum Gasteiger partial charge on any atom is -0.356 e. The number of nitrogens with zero attached hydrogens (tertiary/aromatic N) is 6. The van der Waals surface area contributed by atoms with Crippen LogP contribution >= 0.6 is 0 Å². The Labute approximate surface area is 180 Å². The van der Waals surface area contributed by atoms with Crippen molar-refractivity contribution < 1.29 is 12.8 Å². The summed E-state index contributed by atoms with van der Waals surface area (Å²) in [6.45, 7) is 6.07. The van der Waals surface area contributed by atoms with Gasteiger partial charge in [0.2, 0.25) is 10.0 Å². The maximum absolute atomic E-state index is 14.1. The number of anilines is 1. The normalized spacial score (nSPS) is 21.6. The number of fused-ring (bicyclic) bond motifs is 1. The van der Waals surface area contributed by atoms with Crippen molar-refractivity contribution in [3.05, 3.63) is 59.9 Å². The summed E-state index contributed by atoms with van der Waals surface area (Å²) in [6.07, 6.45) is 1.53. The summed E-state index contributed by atoms with van der Waals surface area (Å²) in [6, 6.07) is 9.45. The molecule has 8 nitrogen and oxygen atoms in total. The van der Waals surface area contributed by atoms with Crippen molar-refractivity contribution >= 4 is 15.8 Å². The van der Waals surface area contributed by atoms with Gasteiger partial charge in [-0.25, -0.2) is 27.5 Å². The molecule has 2 saturated heterocycles. The van der Waals surface area contributed by atoms with E-state index in [4.69, 9.17) is 0 Å². The lowest BCUT2D eigenvalue weighted by atomic mass is 10.0. The van der Waals surface area contributed by atoms with Gasteiger partial charge < -0.3 is 4.90 Å². The Hall–Kier alpha value is -2.85. The third kappa shape index (κ3) is 3.49. The van der Waals surface area contributed by atoms with Gasteiger partial charge in [0.15, 0.2) is 5.82 Å². The fraction of sp³-hybridized carbons (Fsp3) is 0.381. The van der Waals surface area contributed by atoms with E-state index in [2.05, 4.69) is 20.0 Å². The van der Waals surface area contributed by atoms with Gasteiger partial charge in [0.1, 0.15) is 22.9 Å². The summed E-state index contributed by atoms with van der Waals surface area (Å²) in [4.78, 5) is 10.7. The highest BCUT2D eigenvalue weighted by molar-refractivity contribution is 7.89. The Morgan fingerprint density at radius 1 is 0.968 bits per heavy atom. The molecule has 2 atom stereocenters. The third-order valence-corrected chi connectivity index (χ3v) is 7.96. The third-order valence-electron chi connectivity index (χ3n) is 6.10. The van der Waals surface area contributed by atoms with Gasteiger partial charge in [-0.05, 0) is 43.9 Å². The van der Waals surface area contributed by atoms with Crippen LogP contribution in [0.25, 0.3) is 5.82 Å². The standard InChI is InChI=1S/C21H23FN6O2S/c1-14-7-15(2)28(25-14)21-8-20(23-13-24-21)26-9-16-11-27(12-17(16)10-26)31(29,30)19-6-4-3-5-18(19)22/h3-8,13,16-17H,9-12H2,1-2H3. The lowest BCUT2D eigenvalue weighted by molar-refractivity contribution is 0.447. The first kappa shape index (κ1) is 20.1. The zero-order chi connectivity index (χ0) is 21.8. The predicted octanol–water partition coefficient (Wildman–Crippen LogP) is 2.18. The van der Waals surface area contributed by atoms with Crippen LogP contribution in [0.2, 0.25) is 0 Å². The lowest BCUT2D eigenvalue weighted by Gasteiger charge is -2.22. The zero-order valence-electron chi connectivity index (χ0n) is 17.3. The molecule has 162 valence electrons. The van der Waals surface area contributed by atoms with Gasteiger partial charge in [0.25, 0.3) is 0 Å². The van der Waals surface area contributed by atoms with Crippen molar-refractivity contribution in [3.63, 3.8) is 0 Å². The molecule has 0 spiro atoms. The van der Waals surface area contributed by atoms with Crippen molar-refractivity contribution in [2.45, 2.75) is 18.7 Å². The second kappa shape index (κ2) is 7.38. The van der Waals surface area contributed by atoms with Gasteiger partial charge >= 0.3 is 0 Å². The van der Waals surface area contributed by atoms with Crippen LogP contribution in [-0.4, -0.2) is 58.7 Å². The molecule has 2 aliphatic heterocycles. The number of aryl methyl sites for hydroxylation is 2. The van der Waals surface area contributed by atoms with Crippen LogP contribution in [0.15, 0.2) is 47.6 Å². The minimum absolute atomic E-state index is 0.175. The van der Waals surface area contributed by atoms with Gasteiger partial charge in [-0.1, -0.05) is 12.1 Å². The Bertz CT molecular complexity index is 1230. The number of aromatic nitrogens is 4. The molecule has 0 amide bonds. The van der Waals surface area contributed by atoms with E-state index >= 15 is 0 Å². The van der Waals surface area contributed by atoms with Crippen molar-refractivity contribution in [1.29, 1.82) is 0 Å². The average molecular weight is 443 g/mol. The summed E-state index contributed by atoms with van der Waals surface area (Å²) in [5.41, 5.74) is 1.92. The summed E-state index contributed by atoms with van der Waals surface area (Å²) < 4.78 is 43.1. The van der Waals surface area contributed by atoms with E-state index in [1.54, 1.807) is 10.7 Å². The number of rotatable bonds is 4. The van der Waals surface area contributed by atoms with E-state index in [0.717, 1.165) is 17.2 Å². The van der Waals surface area contributed by atoms with Crippen LogP contribution in [0.3, 0.4) is 0 Å². The van der Waals surface area contributed by atoms with Gasteiger partial charge in [-0.3, -0.25) is 0 Å². The molecule has 0 bridgehead atoms. The predicted molar refractivity (Wildman–Crippen MR) is 113 cm³/mol. The molecule has 3 aromatic rings. The number of halogens is 1. The zero-order valence-corrected chi connectivity index (χ0v) is 18.1. The molecule has 4 heterocycles. The Morgan fingerprint density at radius 3 is 2.29 bits per heavy atom. The summed E-state index contributed by atoms with van der Waals surface area (Å²) in [7, 11) is -3.84. The first-order chi connectivity index (χ1) is 14.8. The molecule has 0 saturated carbocycles. The van der Waals surface area contributed by atoms with E-state index in [1.165, 1.54) is 28.8 Å². The number of hydrogen-bond acceptors (Lipinski definition) is 6. The maximum Gasteiger partial charge on any atom is 0.246 e. The molecule has 0 radical (unpaired) electrons. The monoisotopic (exact) mass is 442 g/mol. The van der Waals surface area contributed by atoms with Gasteiger partial charge in [0, 0.05) is 37.9 Å². The molecule has 0 N–H and O–H groups in total. The molecule has 1 aromatic carbocycles. The molecule has 5 rings (SSSR count). The molecule has 2 fully saturated rings. The van der Waals surface area contributed by atoms with E-state index in [1.807, 2.05) is 26.0 Å². The molecule has 0 aliphatic carbocycles. The number of benzene rings is 1. The van der Waals surface area contributed by atoms with E-state index in [0.29, 0.717) is 32.0 Å². The van der Waals surface area contributed by atoms with Gasteiger partial charge in [0.05, 0.1) is 5.69 Å². The summed E-state index contributed by atoms with van der Waals surface area (Å²) >= 11 is 0. The highest BCUT2D eigenvalue weighted by atomic mass is 32.2. The molecular formula is C21H23FN6O2S. The first-order valence-electron chi connectivity index (χ1n) is 10.2. The smallest absolute Gasteiger partial charge is 0.246 e. The van der Waals surface area contributed by atoms with Crippen molar-refractivity contribution in [2.75, 3.05) is 31.1 Å². The van der Waals surface area contributed by atoms with E-state index in [-0.39, 0.29) is 16.7 Å². The highest BCUT2D eigenvalue weighted by Gasteiger charge is 2.45. The molecule has 10 heteroatoms. The summed E-state index contributed by atoms with van der Waals surface area (Å²) in [5, 5.41) is 4.48. The quantitative estimate of drug-likeness (QED) is 0.616. The van der Waals surface area contributed by atoms with Crippen LogP contribution in [0.5, 0.6) is 0 Å². The van der Waals surface area contributed by atoms with E-state index in [9.17, 15) is 12.8 Å². The first-order valence-corrected chi connectivity index (χ1v) is 11.6. The topological polar surface area (TPSA) is 84.2 Å². The maximum atomic E-state index is 14.1. The van der Waals surface area contributed by atoms with Crippen LogP contribution in [0, 0.1) is 31.5 Å². The molecule has 2 aromatic heterocycles. The van der Waals surface area contributed by atoms with Crippen LogP contribution in [0.4, 0.5) is 10.2 Å². The second-order valence-corrected chi connectivity index (χ2v) is 10.2. The SMILES string of the molecule is Cc1cc(C)n(-c2cc(N3CC4CN(S(=O)(=O)c5ccccc5F)CC4C3)ncn2)n1. The minimum atomic E-state index is -3.84. The van der Waals surface area contributed by atoms with Gasteiger partial charge in [-0.2, -0.15) is 9.40 Å². The molecule has 2 unspecified atom stereocenters. The van der Waals surface area contributed by atoms with Gasteiger partial charge in [-0.15, -0.1) is 0 Å². The molecular weight excluding hydrogens is 419 g/mol. The van der Waals surface area contributed by atoms with Crippen LogP contribution < -0.4 is 4.90 Å². The Kier molecular flexibility index (Phi) is 4.78. The van der Waals surface area contributed by atoms with E-state index < -0.39 is 15.8 Å². The largest absolute Gasteiger partial charge is 0.356 e. The van der Waals surface area contributed by atoms with Crippen LogP contribution in [0.1, 0.15) is 11.4 Å². The fourth-order valence-corrected chi connectivity index (χ4v) is 6.23. The fourth-order valence-electron chi connectivity index (χ4n) is 4.61. The summed E-state index contributed by atoms with van der Waals surface area (Å²) in [5.74, 6) is 1.15. The molecule has 31 heavy (non-hydrogen) atoms. The highest BCUT2D eigenvalue weighted by Crippen LogP contribution is 2.36. The lowest BCUT2D eigenvalue weighted by Crippen LogP contribution is -2.34. The van der Waals surface area contributed by atoms with Crippen LogP contribution in [-0.2, 0) is 10.0 Å². The Balaban J connectivity index is 1.32. The van der Waals surface area contributed by atoms with Crippen molar-refractivity contribution in [3.8, 4) is 5.82 Å². The number of hydrogen-bond donors (Lipinski definition) is 0. The second-order valence-electron chi connectivity index (χ2n) is 8.25. The molecule has 2 aliphatic rings. The Morgan fingerprint density at radius 2 is 1.65 bits per heavy atom. The van der Waals surface area contributed by atoms with Crippen molar-refractivity contribution in [1.82, 2.24) is 24.1 Å².